The van der Waals surface area contributed by atoms with E-state index in [0.717, 1.165) is 11.1 Å². The third-order valence-electron chi connectivity index (χ3n) is 5.54. The number of hydrogen-bond acceptors (Lipinski definition) is 5. The summed E-state index contributed by atoms with van der Waals surface area (Å²) >= 11 is 0. The minimum atomic E-state index is -0.486. The molecule has 2 amide bonds. The number of carbonyl (C=O) groups excluding carboxylic acids is 2. The minimum Gasteiger partial charge on any atom is -0.490 e. The number of allylic oxidation sites excluding steroid dienone is 1. The quantitative estimate of drug-likeness (QED) is 0.272. The molecule has 3 aromatic carbocycles. The number of benzene rings is 3. The van der Waals surface area contributed by atoms with E-state index < -0.39 is 11.8 Å². The highest BCUT2D eigenvalue weighted by Crippen LogP contribution is 2.36. The first-order valence-corrected chi connectivity index (χ1v) is 11.5. The zero-order chi connectivity index (χ0) is 25.5. The molecule has 0 aromatic heterocycles. The van der Waals surface area contributed by atoms with Gasteiger partial charge in [0.1, 0.15) is 12.2 Å². The van der Waals surface area contributed by atoms with Crippen molar-refractivity contribution in [3.63, 3.8) is 0 Å². The van der Waals surface area contributed by atoms with Crippen LogP contribution in [0.15, 0.2) is 85.0 Å². The van der Waals surface area contributed by atoms with Crippen molar-refractivity contribution in [2.45, 2.75) is 20.0 Å². The molecule has 0 saturated carbocycles. The molecule has 0 radical (unpaired) electrons. The smallest absolute Gasteiger partial charge is 0.282 e. The number of nitrogens with one attached hydrogen (secondary N) is 1. The van der Waals surface area contributed by atoms with Crippen molar-refractivity contribution in [3.05, 3.63) is 107 Å². The first kappa shape index (κ1) is 24.3. The van der Waals surface area contributed by atoms with Gasteiger partial charge in [-0.1, -0.05) is 42.5 Å². The summed E-state index contributed by atoms with van der Waals surface area (Å²) in [7, 11) is 0. The van der Waals surface area contributed by atoms with Crippen molar-refractivity contribution in [1.82, 2.24) is 5.43 Å². The van der Waals surface area contributed by atoms with E-state index >= 15 is 0 Å². The molecule has 0 aliphatic carbocycles. The molecule has 0 unspecified atom stereocenters. The summed E-state index contributed by atoms with van der Waals surface area (Å²) in [5, 5.41) is 10.6. The van der Waals surface area contributed by atoms with Crippen LogP contribution in [0.2, 0.25) is 0 Å². The number of para-hydroxylation sites is 1. The van der Waals surface area contributed by atoms with Gasteiger partial charge in [0.2, 0.25) is 0 Å². The summed E-state index contributed by atoms with van der Waals surface area (Å²) in [6, 6.07) is 21.9. The van der Waals surface area contributed by atoms with Crippen LogP contribution >= 0.6 is 0 Å². The van der Waals surface area contributed by atoms with Gasteiger partial charge < -0.3 is 9.47 Å². The van der Waals surface area contributed by atoms with Crippen molar-refractivity contribution < 1.29 is 19.1 Å². The maximum Gasteiger partial charge on any atom is 0.282 e. The number of carbonyl (C=O) groups is 2. The molecule has 1 fully saturated rings. The maximum atomic E-state index is 13.0. The fraction of sp³-hybridized carbons (Fsp3) is 0.138. The summed E-state index contributed by atoms with van der Waals surface area (Å²) in [6.45, 7) is 6.27. The van der Waals surface area contributed by atoms with Gasteiger partial charge in [0.05, 0.1) is 23.9 Å². The van der Waals surface area contributed by atoms with Gasteiger partial charge in [0, 0.05) is 11.1 Å². The fourth-order valence-electron chi connectivity index (χ4n) is 3.89. The molecule has 7 nitrogen and oxygen atoms in total. The Morgan fingerprint density at radius 2 is 1.78 bits per heavy atom. The molecule has 1 aliphatic heterocycles. The van der Waals surface area contributed by atoms with Gasteiger partial charge in [-0.3, -0.25) is 15.0 Å². The van der Waals surface area contributed by atoms with Crippen LogP contribution in [-0.4, -0.2) is 18.4 Å². The lowest BCUT2D eigenvalue weighted by molar-refractivity contribution is -0.117. The van der Waals surface area contributed by atoms with E-state index in [9.17, 15) is 14.9 Å². The number of anilines is 1. The first-order valence-electron chi connectivity index (χ1n) is 11.5. The predicted molar refractivity (Wildman–Crippen MR) is 137 cm³/mol. The van der Waals surface area contributed by atoms with Crippen LogP contribution in [0.25, 0.3) is 6.08 Å². The zero-order valence-corrected chi connectivity index (χ0v) is 19.9. The summed E-state index contributed by atoms with van der Waals surface area (Å²) in [6.07, 6.45) is 3.76. The third kappa shape index (κ3) is 5.13. The van der Waals surface area contributed by atoms with Crippen LogP contribution < -0.4 is 19.9 Å². The van der Waals surface area contributed by atoms with Crippen molar-refractivity contribution in [3.8, 4) is 17.6 Å². The normalized spacial score (nSPS) is 13.9. The van der Waals surface area contributed by atoms with E-state index in [1.54, 1.807) is 54.6 Å². The molecule has 180 valence electrons. The Balaban J connectivity index is 1.69. The molecular weight excluding hydrogens is 454 g/mol. The lowest BCUT2D eigenvalue weighted by Gasteiger charge is -2.17. The highest BCUT2D eigenvalue weighted by atomic mass is 16.5. The second kappa shape index (κ2) is 11.1. The van der Waals surface area contributed by atoms with Gasteiger partial charge in [-0.2, -0.15) is 5.26 Å². The molecule has 1 heterocycles. The first-order chi connectivity index (χ1) is 17.5. The van der Waals surface area contributed by atoms with Gasteiger partial charge in [-0.05, 0) is 55.3 Å². The van der Waals surface area contributed by atoms with Crippen LogP contribution in [0.4, 0.5) is 5.69 Å². The van der Waals surface area contributed by atoms with Gasteiger partial charge in [0.25, 0.3) is 11.8 Å². The highest BCUT2D eigenvalue weighted by Gasteiger charge is 2.34. The Kier molecular flexibility index (Phi) is 7.47. The van der Waals surface area contributed by atoms with Gasteiger partial charge in [-0.15, -0.1) is 6.58 Å². The molecule has 7 heteroatoms. The SMILES string of the molecule is C=CCc1cc(C=C2C(=O)NN(c3ccccc3)C2=O)cc(OCC)c1OCc1ccccc1C#N. The summed E-state index contributed by atoms with van der Waals surface area (Å²) in [5.74, 6) is 0.0760. The van der Waals surface area contributed by atoms with Crippen molar-refractivity contribution in [1.29, 1.82) is 5.26 Å². The minimum absolute atomic E-state index is 0.0162. The highest BCUT2D eigenvalue weighted by molar-refractivity contribution is 6.31. The Labute approximate surface area is 209 Å². The molecule has 1 saturated heterocycles. The predicted octanol–water partition coefficient (Wildman–Crippen LogP) is 4.73. The van der Waals surface area contributed by atoms with Crippen LogP contribution in [0, 0.1) is 11.3 Å². The Morgan fingerprint density at radius 1 is 1.03 bits per heavy atom. The number of hydrogen-bond donors (Lipinski definition) is 1. The number of hydrazine groups is 1. The summed E-state index contributed by atoms with van der Waals surface area (Å²) in [5.41, 5.74) is 5.89. The summed E-state index contributed by atoms with van der Waals surface area (Å²) in [4.78, 5) is 25.6. The maximum absolute atomic E-state index is 13.0. The zero-order valence-electron chi connectivity index (χ0n) is 19.9. The Bertz CT molecular complexity index is 1370. The van der Waals surface area contributed by atoms with Gasteiger partial charge in [0.15, 0.2) is 11.5 Å². The van der Waals surface area contributed by atoms with Crippen LogP contribution in [-0.2, 0) is 22.6 Å². The second-order valence-electron chi connectivity index (χ2n) is 7.97. The van der Waals surface area contributed by atoms with Crippen LogP contribution in [0.5, 0.6) is 11.5 Å². The lowest BCUT2D eigenvalue weighted by atomic mass is 10.0. The van der Waals surface area contributed by atoms with Gasteiger partial charge >= 0.3 is 0 Å². The topological polar surface area (TPSA) is 91.7 Å². The Morgan fingerprint density at radius 3 is 2.50 bits per heavy atom. The molecule has 0 bridgehead atoms. The molecule has 1 aliphatic rings. The standard InChI is InChI=1S/C29H25N3O4/c1-3-10-21-15-20(16-25-28(33)31-32(29(25)34)24-13-6-5-7-14-24)17-26(35-4-2)27(21)36-19-23-12-9-8-11-22(23)18-30/h3,5-9,11-17H,1,4,10,19H2,2H3,(H,31,33). The fourth-order valence-corrected chi connectivity index (χ4v) is 3.89. The van der Waals surface area contributed by atoms with Crippen LogP contribution in [0.3, 0.4) is 0 Å². The van der Waals surface area contributed by atoms with E-state index in [1.807, 2.05) is 31.2 Å². The van der Waals surface area contributed by atoms with E-state index in [4.69, 9.17) is 9.47 Å². The van der Waals surface area contributed by atoms with E-state index in [2.05, 4.69) is 18.1 Å². The number of rotatable bonds is 9. The van der Waals surface area contributed by atoms with Crippen molar-refractivity contribution >= 4 is 23.6 Å². The molecule has 0 atom stereocenters. The Hall–Kier alpha value is -4.83. The third-order valence-corrected chi connectivity index (χ3v) is 5.54. The summed E-state index contributed by atoms with van der Waals surface area (Å²) < 4.78 is 12.0. The number of nitriles is 1. The lowest BCUT2D eigenvalue weighted by Crippen LogP contribution is -2.35. The molecule has 4 rings (SSSR count). The monoisotopic (exact) mass is 479 g/mol. The molecule has 36 heavy (non-hydrogen) atoms. The largest absolute Gasteiger partial charge is 0.490 e. The van der Waals surface area contributed by atoms with Crippen molar-refractivity contribution in [2.24, 2.45) is 0 Å². The average Bonchev–Trinajstić information content (AvgIpc) is 3.17. The van der Waals surface area contributed by atoms with Crippen LogP contribution in [0.1, 0.15) is 29.2 Å². The van der Waals surface area contributed by atoms with Crippen molar-refractivity contribution in [2.75, 3.05) is 11.6 Å². The van der Waals surface area contributed by atoms with E-state index in [-0.39, 0.29) is 12.2 Å². The molecule has 0 spiro atoms. The molecule has 1 N–H and O–H groups in total. The number of nitrogens with zero attached hydrogens (tertiary/aromatic N) is 2. The number of ether oxygens (including phenoxy) is 2. The van der Waals surface area contributed by atoms with E-state index in [1.165, 1.54) is 5.01 Å². The average molecular weight is 480 g/mol. The van der Waals surface area contributed by atoms with E-state index in [0.29, 0.717) is 41.3 Å². The second-order valence-corrected chi connectivity index (χ2v) is 7.97. The number of amides is 2. The van der Waals surface area contributed by atoms with Gasteiger partial charge in [-0.25, -0.2) is 5.01 Å². The molecular formula is C29H25N3O4. The molecule has 3 aromatic rings.